The third kappa shape index (κ3) is 4.17. The summed E-state index contributed by atoms with van der Waals surface area (Å²) in [4.78, 5) is 27.5. The molecular formula is C15H26N2O4. The number of nitrogens with zero attached hydrogens (tertiary/aromatic N) is 2. The van der Waals surface area contributed by atoms with Crippen LogP contribution in [0.1, 0.15) is 39.0 Å². The Balaban J connectivity index is 1.95. The molecule has 1 amide bonds. The molecule has 6 heteroatoms. The summed E-state index contributed by atoms with van der Waals surface area (Å²) in [6.45, 7) is 4.05. The van der Waals surface area contributed by atoms with Gasteiger partial charge in [0.25, 0.3) is 0 Å². The highest BCUT2D eigenvalue weighted by atomic mass is 16.5. The van der Waals surface area contributed by atoms with Gasteiger partial charge in [0, 0.05) is 19.1 Å². The number of amides is 1. The Morgan fingerprint density at radius 1 is 1.29 bits per heavy atom. The number of aliphatic carboxylic acids is 1. The van der Waals surface area contributed by atoms with Crippen molar-refractivity contribution in [2.45, 2.75) is 51.1 Å². The van der Waals surface area contributed by atoms with Gasteiger partial charge < -0.3 is 14.7 Å². The summed E-state index contributed by atoms with van der Waals surface area (Å²) in [6, 6.07) is -0.367. The molecule has 1 saturated heterocycles. The molecule has 0 aromatic carbocycles. The third-order valence-corrected chi connectivity index (χ3v) is 4.54. The zero-order valence-corrected chi connectivity index (χ0v) is 12.8. The zero-order valence-electron chi connectivity index (χ0n) is 12.8. The van der Waals surface area contributed by atoms with Crippen molar-refractivity contribution in [1.82, 2.24) is 9.80 Å². The van der Waals surface area contributed by atoms with E-state index in [0.717, 1.165) is 12.8 Å². The quantitative estimate of drug-likeness (QED) is 0.818. The van der Waals surface area contributed by atoms with E-state index in [1.54, 1.807) is 4.90 Å². The van der Waals surface area contributed by atoms with Gasteiger partial charge in [-0.15, -0.1) is 0 Å². The summed E-state index contributed by atoms with van der Waals surface area (Å²) in [6.07, 6.45) is 5.77. The van der Waals surface area contributed by atoms with E-state index in [-0.39, 0.29) is 19.1 Å². The molecule has 0 spiro atoms. The van der Waals surface area contributed by atoms with Crippen LogP contribution in [0.25, 0.3) is 0 Å². The number of morpholine rings is 1. The number of carbonyl (C=O) groups excluding carboxylic acids is 1. The number of rotatable bonds is 5. The fraction of sp³-hybridized carbons (Fsp3) is 0.867. The van der Waals surface area contributed by atoms with E-state index in [2.05, 4.69) is 0 Å². The molecule has 0 bridgehead atoms. The molecular weight excluding hydrogens is 272 g/mol. The summed E-state index contributed by atoms with van der Waals surface area (Å²) in [5, 5.41) is 9.22. The lowest BCUT2D eigenvalue weighted by atomic mass is 9.94. The summed E-state index contributed by atoms with van der Waals surface area (Å²) < 4.78 is 5.21. The van der Waals surface area contributed by atoms with Crippen molar-refractivity contribution in [3.8, 4) is 0 Å². The molecule has 1 saturated carbocycles. The average Bonchev–Trinajstić information content (AvgIpc) is 2.49. The molecule has 0 aromatic rings. The highest BCUT2D eigenvalue weighted by Crippen LogP contribution is 2.23. The number of hydrogen-bond acceptors (Lipinski definition) is 4. The zero-order chi connectivity index (χ0) is 15.2. The van der Waals surface area contributed by atoms with Crippen LogP contribution in [0.4, 0.5) is 0 Å². The van der Waals surface area contributed by atoms with Crippen LogP contribution in [-0.4, -0.2) is 71.7 Å². The summed E-state index contributed by atoms with van der Waals surface area (Å²) >= 11 is 0. The molecule has 1 atom stereocenters. The van der Waals surface area contributed by atoms with Crippen LogP contribution in [0.5, 0.6) is 0 Å². The second-order valence-corrected chi connectivity index (χ2v) is 5.87. The molecule has 0 radical (unpaired) electrons. The number of carboxylic acids is 1. The van der Waals surface area contributed by atoms with E-state index >= 15 is 0 Å². The van der Waals surface area contributed by atoms with Crippen molar-refractivity contribution in [3.05, 3.63) is 0 Å². The molecule has 120 valence electrons. The fourth-order valence-electron chi connectivity index (χ4n) is 3.35. The van der Waals surface area contributed by atoms with Gasteiger partial charge in [0.2, 0.25) is 5.91 Å². The number of likely N-dealkylation sites (N-methyl/N-ethyl adjacent to an activating group) is 1. The maximum absolute atomic E-state index is 12.6. The largest absolute Gasteiger partial charge is 0.480 e. The minimum absolute atomic E-state index is 0.0533. The fourth-order valence-corrected chi connectivity index (χ4v) is 3.35. The monoisotopic (exact) mass is 298 g/mol. The Morgan fingerprint density at radius 3 is 2.62 bits per heavy atom. The lowest BCUT2D eigenvalue weighted by molar-refractivity contribution is -0.152. The Morgan fingerprint density at radius 2 is 2.00 bits per heavy atom. The van der Waals surface area contributed by atoms with E-state index in [1.165, 1.54) is 19.3 Å². The number of hydrogen-bond donors (Lipinski definition) is 1. The predicted octanol–water partition coefficient (Wildman–Crippen LogP) is 0.953. The van der Waals surface area contributed by atoms with Gasteiger partial charge in [0.1, 0.15) is 6.04 Å². The maximum Gasteiger partial charge on any atom is 0.323 e. The van der Waals surface area contributed by atoms with Gasteiger partial charge in [0.05, 0.1) is 19.8 Å². The Bertz CT molecular complexity index is 369. The maximum atomic E-state index is 12.6. The van der Waals surface area contributed by atoms with Crippen LogP contribution >= 0.6 is 0 Å². The normalized spacial score (nSPS) is 24.7. The first-order valence-electron chi connectivity index (χ1n) is 7.97. The van der Waals surface area contributed by atoms with E-state index in [9.17, 15) is 14.7 Å². The molecule has 2 fully saturated rings. The Hall–Kier alpha value is -1.14. The van der Waals surface area contributed by atoms with Crippen LogP contribution in [0.15, 0.2) is 0 Å². The molecule has 1 heterocycles. The van der Waals surface area contributed by atoms with Gasteiger partial charge in [-0.2, -0.15) is 0 Å². The second-order valence-electron chi connectivity index (χ2n) is 5.87. The van der Waals surface area contributed by atoms with E-state index < -0.39 is 12.0 Å². The number of carboxylic acid groups (broad SMARTS) is 1. The smallest absolute Gasteiger partial charge is 0.323 e. The molecule has 1 aliphatic heterocycles. The van der Waals surface area contributed by atoms with Crippen molar-refractivity contribution >= 4 is 11.9 Å². The number of ether oxygens (including phenoxy) is 1. The van der Waals surface area contributed by atoms with Crippen LogP contribution < -0.4 is 0 Å². The topological polar surface area (TPSA) is 70.1 Å². The third-order valence-electron chi connectivity index (χ3n) is 4.54. The summed E-state index contributed by atoms with van der Waals surface area (Å²) in [7, 11) is 0. The van der Waals surface area contributed by atoms with Gasteiger partial charge >= 0.3 is 5.97 Å². The van der Waals surface area contributed by atoms with Gasteiger partial charge in [0.15, 0.2) is 0 Å². The molecule has 21 heavy (non-hydrogen) atoms. The van der Waals surface area contributed by atoms with Crippen LogP contribution in [-0.2, 0) is 14.3 Å². The first kappa shape index (κ1) is 16.2. The van der Waals surface area contributed by atoms with Crippen molar-refractivity contribution in [2.24, 2.45) is 0 Å². The SMILES string of the molecule is CCN(C(=O)CN1CCOCC1C(=O)O)C1CCCCC1. The van der Waals surface area contributed by atoms with Gasteiger partial charge in [-0.25, -0.2) is 0 Å². The summed E-state index contributed by atoms with van der Waals surface area (Å²) in [5.74, 6) is -0.860. The number of carbonyl (C=O) groups is 2. The molecule has 1 unspecified atom stereocenters. The van der Waals surface area contributed by atoms with Crippen molar-refractivity contribution < 1.29 is 19.4 Å². The molecule has 1 N–H and O–H groups in total. The lowest BCUT2D eigenvalue weighted by Gasteiger charge is -2.37. The molecule has 2 rings (SSSR count). The lowest BCUT2D eigenvalue weighted by Crippen LogP contribution is -2.54. The highest BCUT2D eigenvalue weighted by Gasteiger charge is 2.32. The van der Waals surface area contributed by atoms with E-state index in [1.807, 2.05) is 11.8 Å². The standard InChI is InChI=1S/C15H26N2O4/c1-2-17(12-6-4-3-5-7-12)14(18)10-16-8-9-21-11-13(16)15(19)20/h12-13H,2-11H2,1H3,(H,19,20). The molecule has 6 nitrogen and oxygen atoms in total. The van der Waals surface area contributed by atoms with Gasteiger partial charge in [-0.1, -0.05) is 19.3 Å². The average molecular weight is 298 g/mol. The van der Waals surface area contributed by atoms with Gasteiger partial charge in [-0.05, 0) is 19.8 Å². The minimum Gasteiger partial charge on any atom is -0.480 e. The Kier molecular flexibility index (Phi) is 5.99. The Labute approximate surface area is 126 Å². The molecule has 1 aliphatic carbocycles. The van der Waals surface area contributed by atoms with Gasteiger partial charge in [-0.3, -0.25) is 14.5 Å². The predicted molar refractivity (Wildman–Crippen MR) is 78.1 cm³/mol. The van der Waals surface area contributed by atoms with Crippen molar-refractivity contribution in [1.29, 1.82) is 0 Å². The summed E-state index contributed by atoms with van der Waals surface area (Å²) in [5.41, 5.74) is 0. The highest BCUT2D eigenvalue weighted by molar-refractivity contribution is 5.80. The van der Waals surface area contributed by atoms with E-state index in [4.69, 9.17) is 4.74 Å². The first-order chi connectivity index (χ1) is 10.1. The van der Waals surface area contributed by atoms with Crippen LogP contribution in [0.2, 0.25) is 0 Å². The first-order valence-corrected chi connectivity index (χ1v) is 7.97. The van der Waals surface area contributed by atoms with Crippen LogP contribution in [0, 0.1) is 0 Å². The minimum atomic E-state index is -0.914. The molecule has 2 aliphatic rings. The molecule has 0 aromatic heterocycles. The van der Waals surface area contributed by atoms with E-state index in [0.29, 0.717) is 25.7 Å². The van der Waals surface area contributed by atoms with Crippen molar-refractivity contribution in [3.63, 3.8) is 0 Å². The second kappa shape index (κ2) is 7.75. The van der Waals surface area contributed by atoms with Crippen LogP contribution in [0.3, 0.4) is 0 Å². The van der Waals surface area contributed by atoms with Crippen molar-refractivity contribution in [2.75, 3.05) is 32.8 Å².